The number of hydrogen-bond donors (Lipinski definition) is 3. The first-order chi connectivity index (χ1) is 29.0. The molecule has 14 nitrogen and oxygen atoms in total. The molecular weight excluding hydrogens is 774 g/mol. The smallest absolute Gasteiger partial charge is 0.249 e. The quantitative estimate of drug-likeness (QED) is 0.304. The molecule has 3 N–H and O–H groups in total. The van der Waals surface area contributed by atoms with Crippen molar-refractivity contribution in [2.75, 3.05) is 20.8 Å². The molecular formula is C46H67NO13. The van der Waals surface area contributed by atoms with E-state index in [0.29, 0.717) is 38.5 Å². The molecule has 10 heterocycles. The Labute approximate surface area is 353 Å². The van der Waals surface area contributed by atoms with Gasteiger partial charge in [-0.1, -0.05) is 13.2 Å². The van der Waals surface area contributed by atoms with Crippen molar-refractivity contribution in [1.82, 2.24) is 5.32 Å². The maximum Gasteiger partial charge on any atom is 0.249 e. The second-order valence-corrected chi connectivity index (χ2v) is 20.0. The van der Waals surface area contributed by atoms with Crippen LogP contribution in [0.2, 0.25) is 0 Å². The number of carbonyl (C=O) groups is 2. The van der Waals surface area contributed by atoms with E-state index in [9.17, 15) is 19.8 Å². The van der Waals surface area contributed by atoms with Crippen molar-refractivity contribution in [2.45, 2.75) is 206 Å². The van der Waals surface area contributed by atoms with E-state index in [0.717, 1.165) is 62.5 Å². The Balaban J connectivity index is 0.888. The van der Waals surface area contributed by atoms with Crippen LogP contribution in [0.15, 0.2) is 24.3 Å². The van der Waals surface area contributed by atoms with Gasteiger partial charge in [0.2, 0.25) is 5.91 Å². The number of methoxy groups -OCH3 is 2. The minimum Gasteiger partial charge on any atom is -0.383 e. The summed E-state index contributed by atoms with van der Waals surface area (Å²) in [6.45, 7) is 9.06. The van der Waals surface area contributed by atoms with Gasteiger partial charge in [-0.25, -0.2) is 0 Å². The molecule has 1 amide bonds. The van der Waals surface area contributed by atoms with Crippen molar-refractivity contribution in [3.05, 3.63) is 24.3 Å². The van der Waals surface area contributed by atoms with Gasteiger partial charge in [0.05, 0.1) is 85.5 Å². The summed E-state index contributed by atoms with van der Waals surface area (Å²) in [6, 6.07) is 0. The highest BCUT2D eigenvalue weighted by Gasteiger charge is 2.73. The molecule has 2 saturated carbocycles. The third-order valence-electron chi connectivity index (χ3n) is 16.1. The number of Topliss-reactive ketones (excluding diaryl/α,β-unsaturated/α-hetero) is 1. The van der Waals surface area contributed by atoms with Crippen LogP contribution in [0.4, 0.5) is 0 Å². The van der Waals surface area contributed by atoms with Crippen LogP contribution < -0.4 is 5.32 Å². The molecule has 2 aliphatic carbocycles. The molecule has 12 fully saturated rings. The molecule has 12 aliphatic rings. The molecule has 12 rings (SSSR count). The molecule has 10 saturated heterocycles. The van der Waals surface area contributed by atoms with Crippen LogP contribution in [0.25, 0.3) is 0 Å². The normalized spacial score (nSPS) is 48.7. The lowest BCUT2D eigenvalue weighted by Crippen LogP contribution is -2.81. The van der Waals surface area contributed by atoms with Crippen LogP contribution in [-0.2, 0) is 52.2 Å². The van der Waals surface area contributed by atoms with Gasteiger partial charge in [-0.15, -0.1) is 0 Å². The van der Waals surface area contributed by atoms with Crippen LogP contribution in [0.1, 0.15) is 103 Å². The molecule has 0 spiro atoms. The number of amides is 1. The lowest BCUT2D eigenvalue weighted by Gasteiger charge is -2.70. The fraction of sp³-hybridized carbons (Fsp3) is 0.870. The van der Waals surface area contributed by atoms with Gasteiger partial charge in [0.1, 0.15) is 18.0 Å². The molecule has 0 aromatic rings. The minimum atomic E-state index is -1.39. The van der Waals surface area contributed by atoms with Crippen molar-refractivity contribution in [3.63, 3.8) is 0 Å². The lowest BCUT2D eigenvalue weighted by molar-refractivity contribution is -0.444. The molecule has 0 aromatic heterocycles. The Morgan fingerprint density at radius 2 is 1.57 bits per heavy atom. The number of hydrogen-bond acceptors (Lipinski definition) is 13. The molecule has 334 valence electrons. The number of rotatable bonds is 8. The zero-order chi connectivity index (χ0) is 41.4. The van der Waals surface area contributed by atoms with Gasteiger partial charge >= 0.3 is 0 Å². The fourth-order valence-electron chi connectivity index (χ4n) is 12.6. The van der Waals surface area contributed by atoms with Crippen molar-refractivity contribution < 1.29 is 62.4 Å². The first-order valence-corrected chi connectivity index (χ1v) is 23.2. The summed E-state index contributed by atoms with van der Waals surface area (Å²) in [5, 5.41) is 25.4. The summed E-state index contributed by atoms with van der Waals surface area (Å²) in [5.41, 5.74) is 2.11. The first-order valence-electron chi connectivity index (χ1n) is 23.2. The van der Waals surface area contributed by atoms with E-state index in [1.165, 1.54) is 0 Å². The highest BCUT2D eigenvalue weighted by atomic mass is 16.7. The van der Waals surface area contributed by atoms with Crippen LogP contribution in [0.5, 0.6) is 0 Å². The molecule has 0 radical (unpaired) electrons. The fourth-order valence-corrected chi connectivity index (χ4v) is 12.6. The Morgan fingerprint density at radius 1 is 0.800 bits per heavy atom. The van der Waals surface area contributed by atoms with E-state index in [1.807, 2.05) is 0 Å². The summed E-state index contributed by atoms with van der Waals surface area (Å²) in [4.78, 5) is 27.0. The zero-order valence-electron chi connectivity index (χ0n) is 35.4. The Morgan fingerprint density at radius 3 is 2.35 bits per heavy atom. The molecule has 13 bridgehead atoms. The van der Waals surface area contributed by atoms with Gasteiger partial charge in [0.25, 0.3) is 0 Å². The number of ketones is 1. The van der Waals surface area contributed by atoms with Crippen molar-refractivity contribution in [3.8, 4) is 0 Å². The van der Waals surface area contributed by atoms with E-state index in [2.05, 4.69) is 18.5 Å². The third-order valence-corrected chi connectivity index (χ3v) is 16.1. The standard InChI is InChI=1S/C46H67NO13/c1-22-5-8-26-9-11-31-23(2)15-28(55-31)13-14-46(51)20-36-37-42-38(43(37)59-36)44(60-46)41-32(58-42)12-10-27(56-41)16-25(48)17-30-34(19-33(22)54-26)57-35(40(30)53-4)18-29(52-3)21-47-45(50)39(49)24-6-7-24/h24,26-44,49,51H,1-2,5-21H2,3-4H3,(H,47,50)/t26-,27-,28+,29+,30+,31+,32+,33-,34+,35-,36-,37+,38?,39?,40-,41+,42?,43?,44-,46+/m1/s1. The van der Waals surface area contributed by atoms with E-state index >= 15 is 0 Å². The zero-order valence-corrected chi connectivity index (χ0v) is 35.4. The van der Waals surface area contributed by atoms with E-state index in [-0.39, 0.29) is 116 Å². The van der Waals surface area contributed by atoms with Crippen LogP contribution >= 0.6 is 0 Å². The number of fused-ring (bicyclic) bond motifs is 6. The van der Waals surface area contributed by atoms with Crippen molar-refractivity contribution >= 4 is 11.7 Å². The highest BCUT2D eigenvalue weighted by molar-refractivity contribution is 5.81. The first kappa shape index (κ1) is 42.1. The van der Waals surface area contributed by atoms with Gasteiger partial charge in [-0.2, -0.15) is 0 Å². The summed E-state index contributed by atoms with van der Waals surface area (Å²) < 4.78 is 59.1. The number of aliphatic hydroxyl groups is 2. The average molecular weight is 842 g/mol. The SMILES string of the molecule is C=C1C[C@@H]2CC[C@@]3(O)C[C@H]4OC5C6C(O[C@H]7CC[C@H](CC(=O)C[C@@H]8[C@@H](OC)[C@@H](C[C@@H](CNC(=O)C(O)C9CC9)OC)O[C@H]8C[C@H]8O[C@H](CCC8=C)CC[C@@H]1O2)O[C@@H]7[C@@H]6O3)[C@@H]54. The summed E-state index contributed by atoms with van der Waals surface area (Å²) in [5.74, 6) is -1.71. The number of nitrogens with one attached hydrogen (secondary N) is 1. The molecule has 60 heavy (non-hydrogen) atoms. The monoisotopic (exact) mass is 841 g/mol. The molecule has 20 atom stereocenters. The van der Waals surface area contributed by atoms with E-state index in [4.69, 9.17) is 42.6 Å². The summed E-state index contributed by atoms with van der Waals surface area (Å²) >= 11 is 0. The lowest BCUT2D eigenvalue weighted by atomic mass is 9.56. The van der Waals surface area contributed by atoms with E-state index < -0.39 is 42.4 Å². The third kappa shape index (κ3) is 8.12. The average Bonchev–Trinajstić information content (AvgIpc) is 3.93. The van der Waals surface area contributed by atoms with Crippen LogP contribution in [0, 0.1) is 23.7 Å². The van der Waals surface area contributed by atoms with Crippen LogP contribution in [-0.4, -0.2) is 146 Å². The van der Waals surface area contributed by atoms with Crippen LogP contribution in [0.3, 0.4) is 0 Å². The Hall–Kier alpha value is -1.82. The van der Waals surface area contributed by atoms with Gasteiger partial charge in [0.15, 0.2) is 5.79 Å². The number of ether oxygens (including phenoxy) is 9. The second-order valence-electron chi connectivity index (χ2n) is 20.0. The van der Waals surface area contributed by atoms with Gasteiger partial charge < -0.3 is 58.2 Å². The maximum atomic E-state index is 14.3. The van der Waals surface area contributed by atoms with Crippen molar-refractivity contribution in [2.24, 2.45) is 23.7 Å². The maximum absolute atomic E-state index is 14.3. The van der Waals surface area contributed by atoms with Gasteiger partial charge in [-0.3, -0.25) is 9.59 Å². The topological polar surface area (TPSA) is 170 Å². The van der Waals surface area contributed by atoms with Gasteiger partial charge in [0, 0.05) is 77.0 Å². The summed E-state index contributed by atoms with van der Waals surface area (Å²) in [6.07, 6.45) is 5.83. The number of carbonyl (C=O) groups excluding carboxylic acids is 2. The van der Waals surface area contributed by atoms with E-state index in [1.54, 1.807) is 14.2 Å². The van der Waals surface area contributed by atoms with Crippen molar-refractivity contribution in [1.29, 1.82) is 0 Å². The summed E-state index contributed by atoms with van der Waals surface area (Å²) in [7, 11) is 3.27. The molecule has 4 unspecified atom stereocenters. The Kier molecular flexibility index (Phi) is 11.9. The Bertz CT molecular complexity index is 1640. The molecule has 10 aliphatic heterocycles. The second kappa shape index (κ2) is 17.0. The predicted molar refractivity (Wildman–Crippen MR) is 214 cm³/mol. The minimum absolute atomic E-state index is 0.0158. The largest absolute Gasteiger partial charge is 0.383 e. The highest BCUT2D eigenvalue weighted by Crippen LogP contribution is 2.61. The number of aliphatic hydroxyl groups excluding tert-OH is 1. The van der Waals surface area contributed by atoms with Gasteiger partial charge in [-0.05, 0) is 81.3 Å². The predicted octanol–water partition coefficient (Wildman–Crippen LogP) is 3.61. The molecule has 14 heteroatoms. The molecule has 0 aromatic carbocycles.